The van der Waals surface area contributed by atoms with Crippen LogP contribution in [0.5, 0.6) is 0 Å². The molecule has 16 heavy (non-hydrogen) atoms. The van der Waals surface area contributed by atoms with E-state index >= 15 is 0 Å². The molecule has 2 N–H and O–H groups in total. The summed E-state index contributed by atoms with van der Waals surface area (Å²) in [5.74, 6) is -0.841. The fourth-order valence-electron chi connectivity index (χ4n) is 1.85. The molecule has 2 rings (SSSR count). The Morgan fingerprint density at radius 1 is 1.44 bits per heavy atom. The summed E-state index contributed by atoms with van der Waals surface area (Å²) >= 11 is 0. The number of methoxy groups -OCH3 is 1. The van der Waals surface area contributed by atoms with E-state index in [9.17, 15) is 9.18 Å². The number of halogens is 1. The van der Waals surface area contributed by atoms with Crippen LogP contribution < -0.4 is 10.9 Å². The van der Waals surface area contributed by atoms with Crippen LogP contribution in [-0.4, -0.2) is 19.6 Å². The molecule has 0 aromatic heterocycles. The van der Waals surface area contributed by atoms with E-state index in [0.29, 0.717) is 6.54 Å². The summed E-state index contributed by atoms with van der Waals surface area (Å²) in [4.78, 5) is 11.5. The van der Waals surface area contributed by atoms with Crippen LogP contribution in [0.2, 0.25) is 0 Å². The van der Waals surface area contributed by atoms with Crippen LogP contribution in [0.1, 0.15) is 11.6 Å². The quantitative estimate of drug-likeness (QED) is 0.728. The Balaban J connectivity index is 2.19. The molecule has 0 bridgehead atoms. The predicted molar refractivity (Wildman–Crippen MR) is 55.8 cm³/mol. The van der Waals surface area contributed by atoms with Gasteiger partial charge in [-0.25, -0.2) is 9.82 Å². The Bertz CT molecular complexity index is 380. The largest absolute Gasteiger partial charge is 0.469 e. The van der Waals surface area contributed by atoms with Gasteiger partial charge in [0.25, 0.3) is 0 Å². The second-order valence-electron chi connectivity index (χ2n) is 3.68. The van der Waals surface area contributed by atoms with E-state index in [0.717, 1.165) is 5.56 Å². The number of esters is 1. The second kappa shape index (κ2) is 4.59. The summed E-state index contributed by atoms with van der Waals surface area (Å²) in [6.45, 7) is 0.509. The van der Waals surface area contributed by atoms with Gasteiger partial charge >= 0.3 is 5.97 Å². The fourth-order valence-corrected chi connectivity index (χ4v) is 1.85. The standard InChI is InChI=1S/C11H13FN2O2/c1-16-11(15)9-6-13-14-10(9)7-2-4-8(12)5-3-7/h2-5,9-10,13-14H,6H2,1H3/t9-,10+/m0/s1. The molecule has 5 heteroatoms. The topological polar surface area (TPSA) is 50.4 Å². The van der Waals surface area contributed by atoms with Crippen molar-refractivity contribution in [2.75, 3.05) is 13.7 Å². The molecule has 2 atom stereocenters. The highest BCUT2D eigenvalue weighted by molar-refractivity contribution is 5.74. The van der Waals surface area contributed by atoms with Crippen molar-refractivity contribution in [3.63, 3.8) is 0 Å². The Morgan fingerprint density at radius 3 is 2.75 bits per heavy atom. The van der Waals surface area contributed by atoms with Gasteiger partial charge in [-0.15, -0.1) is 0 Å². The summed E-state index contributed by atoms with van der Waals surface area (Å²) in [7, 11) is 1.36. The number of hydrogen-bond acceptors (Lipinski definition) is 4. The third-order valence-corrected chi connectivity index (χ3v) is 2.71. The molecule has 1 aliphatic heterocycles. The summed E-state index contributed by atoms with van der Waals surface area (Å²) in [6.07, 6.45) is 0. The average Bonchev–Trinajstić information content (AvgIpc) is 2.78. The van der Waals surface area contributed by atoms with E-state index in [1.165, 1.54) is 19.2 Å². The van der Waals surface area contributed by atoms with Gasteiger partial charge in [0.2, 0.25) is 0 Å². The highest BCUT2D eigenvalue weighted by Gasteiger charge is 2.34. The van der Waals surface area contributed by atoms with Crippen LogP contribution in [0.3, 0.4) is 0 Å². The first-order valence-electron chi connectivity index (χ1n) is 5.04. The molecule has 1 aliphatic rings. The van der Waals surface area contributed by atoms with Gasteiger partial charge in [0.1, 0.15) is 5.82 Å². The molecule has 1 aromatic rings. The first kappa shape index (κ1) is 11.0. The Hall–Kier alpha value is -1.46. The van der Waals surface area contributed by atoms with Gasteiger partial charge in [-0.05, 0) is 17.7 Å². The van der Waals surface area contributed by atoms with Gasteiger partial charge in [0, 0.05) is 6.54 Å². The SMILES string of the molecule is COC(=O)[C@H]1CNN[C@@H]1c1ccc(F)cc1. The third-order valence-electron chi connectivity index (χ3n) is 2.71. The molecule has 1 heterocycles. The number of hydrazine groups is 1. The fraction of sp³-hybridized carbons (Fsp3) is 0.364. The number of rotatable bonds is 2. The number of carbonyl (C=O) groups excluding carboxylic acids is 1. The number of hydrogen-bond donors (Lipinski definition) is 2. The van der Waals surface area contributed by atoms with E-state index in [-0.39, 0.29) is 23.7 Å². The van der Waals surface area contributed by atoms with E-state index < -0.39 is 0 Å². The van der Waals surface area contributed by atoms with Gasteiger partial charge in [0.05, 0.1) is 19.1 Å². The van der Waals surface area contributed by atoms with Crippen LogP contribution in [0, 0.1) is 11.7 Å². The Morgan fingerprint density at radius 2 is 2.12 bits per heavy atom. The normalized spacial score (nSPS) is 24.4. The van der Waals surface area contributed by atoms with Gasteiger partial charge in [-0.1, -0.05) is 12.1 Å². The molecule has 0 spiro atoms. The molecule has 0 aliphatic carbocycles. The van der Waals surface area contributed by atoms with Gasteiger partial charge in [0.15, 0.2) is 0 Å². The van der Waals surface area contributed by atoms with Crippen molar-refractivity contribution >= 4 is 5.97 Å². The monoisotopic (exact) mass is 224 g/mol. The first-order valence-corrected chi connectivity index (χ1v) is 5.04. The van der Waals surface area contributed by atoms with E-state index in [1.807, 2.05) is 0 Å². The summed E-state index contributed by atoms with van der Waals surface area (Å²) in [5.41, 5.74) is 6.75. The van der Waals surface area contributed by atoms with Crippen molar-refractivity contribution in [3.05, 3.63) is 35.6 Å². The molecule has 1 saturated heterocycles. The maximum Gasteiger partial charge on any atom is 0.312 e. The minimum absolute atomic E-state index is 0.173. The van der Waals surface area contributed by atoms with Crippen LogP contribution >= 0.6 is 0 Å². The smallest absolute Gasteiger partial charge is 0.312 e. The molecular formula is C11H13FN2O2. The van der Waals surface area contributed by atoms with Crippen LogP contribution in [-0.2, 0) is 9.53 Å². The molecule has 0 amide bonds. The molecule has 1 fully saturated rings. The number of ether oxygens (including phenoxy) is 1. The van der Waals surface area contributed by atoms with Crippen molar-refractivity contribution in [1.29, 1.82) is 0 Å². The summed E-state index contributed by atoms with van der Waals surface area (Å²) in [6, 6.07) is 5.91. The highest BCUT2D eigenvalue weighted by atomic mass is 19.1. The first-order chi connectivity index (χ1) is 7.72. The predicted octanol–water partition coefficient (Wildman–Crippen LogP) is 0.764. The average molecular weight is 224 g/mol. The van der Waals surface area contributed by atoms with Gasteiger partial charge < -0.3 is 4.74 Å². The molecular weight excluding hydrogens is 211 g/mol. The maximum atomic E-state index is 12.8. The maximum absolute atomic E-state index is 12.8. The van der Waals surface area contributed by atoms with Crippen molar-refractivity contribution < 1.29 is 13.9 Å². The van der Waals surface area contributed by atoms with Crippen molar-refractivity contribution in [2.45, 2.75) is 6.04 Å². The zero-order valence-electron chi connectivity index (χ0n) is 8.87. The van der Waals surface area contributed by atoms with E-state index in [4.69, 9.17) is 4.74 Å². The van der Waals surface area contributed by atoms with E-state index in [2.05, 4.69) is 10.9 Å². The zero-order chi connectivity index (χ0) is 11.5. The van der Waals surface area contributed by atoms with Crippen molar-refractivity contribution in [1.82, 2.24) is 10.9 Å². The van der Waals surface area contributed by atoms with Gasteiger partial charge in [-0.3, -0.25) is 10.2 Å². The molecule has 0 saturated carbocycles. The minimum atomic E-state index is -0.288. The Labute approximate surface area is 92.8 Å². The summed E-state index contributed by atoms with van der Waals surface area (Å²) in [5, 5.41) is 0. The molecule has 4 nitrogen and oxygen atoms in total. The molecule has 0 radical (unpaired) electrons. The van der Waals surface area contributed by atoms with Crippen LogP contribution in [0.4, 0.5) is 4.39 Å². The Kier molecular flexibility index (Phi) is 3.17. The zero-order valence-corrected chi connectivity index (χ0v) is 8.87. The molecule has 1 aromatic carbocycles. The van der Waals surface area contributed by atoms with Crippen LogP contribution in [0.15, 0.2) is 24.3 Å². The van der Waals surface area contributed by atoms with Crippen LogP contribution in [0.25, 0.3) is 0 Å². The molecule has 0 unspecified atom stereocenters. The lowest BCUT2D eigenvalue weighted by Gasteiger charge is -2.16. The number of carbonyl (C=O) groups is 1. The second-order valence-corrected chi connectivity index (χ2v) is 3.68. The van der Waals surface area contributed by atoms with Crippen molar-refractivity contribution in [3.8, 4) is 0 Å². The van der Waals surface area contributed by atoms with Gasteiger partial charge in [-0.2, -0.15) is 0 Å². The lowest BCUT2D eigenvalue weighted by Crippen LogP contribution is -2.26. The van der Waals surface area contributed by atoms with E-state index in [1.54, 1.807) is 12.1 Å². The lowest BCUT2D eigenvalue weighted by molar-refractivity contribution is -0.145. The lowest BCUT2D eigenvalue weighted by atomic mass is 9.95. The number of benzene rings is 1. The van der Waals surface area contributed by atoms with Crippen molar-refractivity contribution in [2.24, 2.45) is 5.92 Å². The number of nitrogens with one attached hydrogen (secondary N) is 2. The highest BCUT2D eigenvalue weighted by Crippen LogP contribution is 2.25. The minimum Gasteiger partial charge on any atom is -0.469 e. The summed E-state index contributed by atoms with van der Waals surface area (Å²) < 4.78 is 17.5. The third kappa shape index (κ3) is 2.05. The molecule has 86 valence electrons.